The number of halogens is 1. The van der Waals surface area contributed by atoms with Gasteiger partial charge in [0.05, 0.1) is 22.1 Å². The van der Waals surface area contributed by atoms with E-state index in [0.29, 0.717) is 5.69 Å². The minimum Gasteiger partial charge on any atom is -0.325 e. The summed E-state index contributed by atoms with van der Waals surface area (Å²) >= 11 is 4.89. The van der Waals surface area contributed by atoms with Crippen LogP contribution in [0.15, 0.2) is 87.5 Å². The van der Waals surface area contributed by atoms with Gasteiger partial charge in [-0.2, -0.15) is 4.31 Å². The van der Waals surface area contributed by atoms with Gasteiger partial charge in [0.25, 0.3) is 0 Å². The van der Waals surface area contributed by atoms with Gasteiger partial charge in [-0.25, -0.2) is 13.4 Å². The molecule has 0 aliphatic carbocycles. The molecule has 3 aromatic carbocycles. The minimum absolute atomic E-state index is 0.0736. The lowest BCUT2D eigenvalue weighted by molar-refractivity contribution is -0.116. The van der Waals surface area contributed by atoms with Crippen LogP contribution in [0.2, 0.25) is 0 Å². The van der Waals surface area contributed by atoms with Gasteiger partial charge in [0.1, 0.15) is 0 Å². The van der Waals surface area contributed by atoms with Crippen LogP contribution in [0.1, 0.15) is 16.1 Å². The molecule has 1 heterocycles. The van der Waals surface area contributed by atoms with Gasteiger partial charge < -0.3 is 5.32 Å². The zero-order chi connectivity index (χ0) is 25.0. The van der Waals surface area contributed by atoms with Crippen molar-refractivity contribution in [1.82, 2.24) is 9.29 Å². The van der Waals surface area contributed by atoms with E-state index in [0.717, 1.165) is 31.9 Å². The van der Waals surface area contributed by atoms with E-state index in [-0.39, 0.29) is 18.0 Å². The van der Waals surface area contributed by atoms with Crippen LogP contribution in [0.5, 0.6) is 0 Å². The van der Waals surface area contributed by atoms with E-state index in [1.54, 1.807) is 29.5 Å². The van der Waals surface area contributed by atoms with E-state index in [9.17, 15) is 13.2 Å². The number of carbonyl (C=O) groups is 1. The quantitative estimate of drug-likeness (QED) is 0.281. The largest absolute Gasteiger partial charge is 0.325 e. The monoisotopic (exact) mass is 569 g/mol. The van der Waals surface area contributed by atoms with Gasteiger partial charge in [-0.15, -0.1) is 11.3 Å². The Morgan fingerprint density at radius 2 is 1.74 bits per heavy atom. The third-order valence-corrected chi connectivity index (χ3v) is 8.42. The third kappa shape index (κ3) is 6.43. The van der Waals surface area contributed by atoms with Crippen LogP contribution in [-0.2, 0) is 21.4 Å². The summed E-state index contributed by atoms with van der Waals surface area (Å²) in [5.74, 6) is -0.426. The Morgan fingerprint density at radius 1 is 1.03 bits per heavy atom. The number of nitrogens with zero attached hydrogens (tertiary/aromatic N) is 2. The van der Waals surface area contributed by atoms with Crippen molar-refractivity contribution in [2.75, 3.05) is 11.9 Å². The van der Waals surface area contributed by atoms with Crippen LogP contribution in [-0.4, -0.2) is 30.2 Å². The molecule has 0 aliphatic heterocycles. The van der Waals surface area contributed by atoms with Crippen LogP contribution in [0, 0.1) is 13.8 Å². The number of hydrogen-bond donors (Lipinski definition) is 1. The second kappa shape index (κ2) is 10.8. The summed E-state index contributed by atoms with van der Waals surface area (Å²) in [6, 6.07) is 21.3. The normalized spacial score (nSPS) is 11.5. The lowest BCUT2D eigenvalue weighted by Gasteiger charge is -2.22. The average molecular weight is 571 g/mol. The molecule has 9 heteroatoms. The molecule has 0 unspecified atom stereocenters. The maximum Gasteiger partial charge on any atom is 0.243 e. The first-order chi connectivity index (χ1) is 16.7. The van der Waals surface area contributed by atoms with E-state index in [4.69, 9.17) is 0 Å². The molecule has 1 aromatic heterocycles. The number of aromatic nitrogens is 1. The second-order valence-electron chi connectivity index (χ2n) is 8.09. The molecule has 0 spiro atoms. The fourth-order valence-corrected chi connectivity index (χ4v) is 5.76. The van der Waals surface area contributed by atoms with E-state index in [2.05, 4.69) is 26.2 Å². The molecule has 1 amide bonds. The van der Waals surface area contributed by atoms with Crippen molar-refractivity contribution < 1.29 is 13.2 Å². The molecule has 0 aliphatic rings. The highest BCUT2D eigenvalue weighted by Gasteiger charge is 2.27. The Bertz CT molecular complexity index is 1430. The maximum absolute atomic E-state index is 13.5. The molecule has 4 aromatic rings. The molecule has 4 rings (SSSR count). The lowest BCUT2D eigenvalue weighted by Crippen LogP contribution is -2.37. The SMILES string of the molecule is Cc1ccc(CN(CC(=O)Nc2cccc(-c3csc(C)n3)c2)S(=O)(=O)c2ccc(Br)cc2)cc1. The zero-order valence-electron chi connectivity index (χ0n) is 19.2. The Hall–Kier alpha value is -2.85. The van der Waals surface area contributed by atoms with Crippen LogP contribution < -0.4 is 5.32 Å². The van der Waals surface area contributed by atoms with Crippen molar-refractivity contribution in [3.05, 3.63) is 98.8 Å². The van der Waals surface area contributed by atoms with Gasteiger partial charge in [0, 0.05) is 27.6 Å². The van der Waals surface area contributed by atoms with Gasteiger partial charge in [0.15, 0.2) is 0 Å². The van der Waals surface area contributed by atoms with Crippen molar-refractivity contribution in [3.8, 4) is 11.3 Å². The highest BCUT2D eigenvalue weighted by molar-refractivity contribution is 9.10. The van der Waals surface area contributed by atoms with Crippen molar-refractivity contribution in [2.24, 2.45) is 0 Å². The molecule has 0 bridgehead atoms. The summed E-state index contributed by atoms with van der Waals surface area (Å²) in [6.45, 7) is 3.65. The number of thiazole rings is 1. The number of nitrogens with one attached hydrogen (secondary N) is 1. The summed E-state index contributed by atoms with van der Waals surface area (Å²) in [5.41, 5.74) is 4.16. The number of carbonyl (C=O) groups excluding carboxylic acids is 1. The van der Waals surface area contributed by atoms with E-state index >= 15 is 0 Å². The molecule has 35 heavy (non-hydrogen) atoms. The van der Waals surface area contributed by atoms with Crippen molar-refractivity contribution >= 4 is 48.9 Å². The summed E-state index contributed by atoms with van der Waals surface area (Å²) in [6.07, 6.45) is 0. The molecular weight excluding hydrogens is 546 g/mol. The number of aryl methyl sites for hydroxylation is 2. The summed E-state index contributed by atoms with van der Waals surface area (Å²) in [7, 11) is -3.92. The standard InChI is InChI=1S/C26H24BrN3O3S2/c1-18-6-8-20(9-7-18)15-30(35(32,33)24-12-10-22(27)11-13-24)16-26(31)29-23-5-3-4-21(14-23)25-17-34-19(2)28-25/h3-14,17H,15-16H2,1-2H3,(H,29,31). The first-order valence-corrected chi connectivity index (χ1v) is 14.0. The summed E-state index contributed by atoms with van der Waals surface area (Å²) in [4.78, 5) is 17.6. The minimum atomic E-state index is -3.92. The van der Waals surface area contributed by atoms with Crippen LogP contribution >= 0.6 is 27.3 Å². The number of benzene rings is 3. The highest BCUT2D eigenvalue weighted by Crippen LogP contribution is 2.25. The second-order valence-corrected chi connectivity index (χ2v) is 12.0. The van der Waals surface area contributed by atoms with Crippen molar-refractivity contribution in [2.45, 2.75) is 25.3 Å². The number of amides is 1. The molecule has 1 N–H and O–H groups in total. The van der Waals surface area contributed by atoms with Gasteiger partial charge in [-0.05, 0) is 55.8 Å². The number of sulfonamides is 1. The summed E-state index contributed by atoms with van der Waals surface area (Å²) < 4.78 is 28.9. The molecule has 0 atom stereocenters. The molecular formula is C26H24BrN3O3S2. The van der Waals surface area contributed by atoms with Crippen LogP contribution in [0.3, 0.4) is 0 Å². The maximum atomic E-state index is 13.5. The topological polar surface area (TPSA) is 79.4 Å². The van der Waals surface area contributed by atoms with E-state index in [1.165, 1.54) is 16.4 Å². The van der Waals surface area contributed by atoms with E-state index in [1.807, 2.05) is 61.7 Å². The van der Waals surface area contributed by atoms with Crippen LogP contribution in [0.4, 0.5) is 5.69 Å². The van der Waals surface area contributed by atoms with E-state index < -0.39 is 15.9 Å². The fraction of sp³-hybridized carbons (Fsp3) is 0.154. The smallest absolute Gasteiger partial charge is 0.243 e. The predicted octanol–water partition coefficient (Wildman–Crippen LogP) is 6.02. The number of hydrogen-bond acceptors (Lipinski definition) is 5. The lowest BCUT2D eigenvalue weighted by atomic mass is 10.1. The molecule has 0 fully saturated rings. The highest BCUT2D eigenvalue weighted by atomic mass is 79.9. The van der Waals surface area contributed by atoms with Crippen molar-refractivity contribution in [1.29, 1.82) is 0 Å². The van der Waals surface area contributed by atoms with Gasteiger partial charge >= 0.3 is 0 Å². The first kappa shape index (κ1) is 25.2. The molecule has 0 saturated heterocycles. The van der Waals surface area contributed by atoms with Gasteiger partial charge in [-0.3, -0.25) is 4.79 Å². The Morgan fingerprint density at radius 3 is 2.40 bits per heavy atom. The number of anilines is 1. The molecule has 0 radical (unpaired) electrons. The Labute approximate surface area is 217 Å². The zero-order valence-corrected chi connectivity index (χ0v) is 22.5. The van der Waals surface area contributed by atoms with Crippen molar-refractivity contribution in [3.63, 3.8) is 0 Å². The Balaban J connectivity index is 1.57. The summed E-state index contributed by atoms with van der Waals surface area (Å²) in [5, 5.41) is 5.76. The molecule has 6 nitrogen and oxygen atoms in total. The number of rotatable bonds is 8. The van der Waals surface area contributed by atoms with Gasteiger partial charge in [-0.1, -0.05) is 57.9 Å². The van der Waals surface area contributed by atoms with Crippen LogP contribution in [0.25, 0.3) is 11.3 Å². The average Bonchev–Trinajstić information content (AvgIpc) is 3.27. The molecule has 180 valence electrons. The molecule has 0 saturated carbocycles. The third-order valence-electron chi connectivity index (χ3n) is 5.31. The first-order valence-electron chi connectivity index (χ1n) is 10.8. The van der Waals surface area contributed by atoms with Gasteiger partial charge in [0.2, 0.25) is 15.9 Å². The predicted molar refractivity (Wildman–Crippen MR) is 144 cm³/mol. The fourth-order valence-electron chi connectivity index (χ4n) is 3.49. The Kier molecular flexibility index (Phi) is 7.81.